The molecule has 106 valence electrons. The first-order valence-electron chi connectivity index (χ1n) is 6.54. The van der Waals surface area contributed by atoms with Gasteiger partial charge in [-0.05, 0) is 37.6 Å². The van der Waals surface area contributed by atoms with Crippen LogP contribution in [0.1, 0.15) is 20.3 Å². The zero-order chi connectivity index (χ0) is 14.5. The molecule has 0 aliphatic rings. The van der Waals surface area contributed by atoms with Gasteiger partial charge in [0.15, 0.2) is 5.82 Å². The number of rotatable bonds is 5. The second-order valence-corrected chi connectivity index (χ2v) is 4.95. The molecule has 0 fully saturated rings. The van der Waals surface area contributed by atoms with E-state index in [1.807, 2.05) is 31.2 Å². The predicted octanol–water partition coefficient (Wildman–Crippen LogP) is 4.24. The summed E-state index contributed by atoms with van der Waals surface area (Å²) in [5, 5.41) is 3.54. The standard InChI is InChI=1S/C15H18ClN3O/c1-3-10(2)20-12-6-4-5-11(9-12)18-15-13(17)7-8-14(16)19-15/h4-10H,3,17H2,1-2H3,(H,18,19). The number of nitrogen functional groups attached to an aromatic ring is 1. The van der Waals surface area contributed by atoms with Crippen molar-refractivity contribution in [2.75, 3.05) is 11.1 Å². The van der Waals surface area contributed by atoms with Crippen molar-refractivity contribution in [3.05, 3.63) is 41.6 Å². The number of hydrogen-bond donors (Lipinski definition) is 2. The Kier molecular flexibility index (Phi) is 4.69. The number of halogens is 1. The Morgan fingerprint density at radius 2 is 2.15 bits per heavy atom. The first-order chi connectivity index (χ1) is 9.58. The summed E-state index contributed by atoms with van der Waals surface area (Å²) >= 11 is 5.87. The van der Waals surface area contributed by atoms with Gasteiger partial charge in [-0.25, -0.2) is 4.98 Å². The lowest BCUT2D eigenvalue weighted by Gasteiger charge is -2.14. The molecule has 0 aliphatic heterocycles. The third-order valence-electron chi connectivity index (χ3n) is 2.90. The molecule has 0 bridgehead atoms. The van der Waals surface area contributed by atoms with E-state index in [0.29, 0.717) is 16.7 Å². The Hall–Kier alpha value is -1.94. The zero-order valence-corrected chi connectivity index (χ0v) is 12.3. The topological polar surface area (TPSA) is 60.2 Å². The number of benzene rings is 1. The molecule has 0 radical (unpaired) electrons. The molecule has 0 saturated heterocycles. The maximum absolute atomic E-state index is 5.87. The van der Waals surface area contributed by atoms with Gasteiger partial charge in [-0.2, -0.15) is 0 Å². The fraction of sp³-hybridized carbons (Fsp3) is 0.267. The van der Waals surface area contributed by atoms with E-state index in [0.717, 1.165) is 17.9 Å². The van der Waals surface area contributed by atoms with Crippen LogP contribution in [-0.4, -0.2) is 11.1 Å². The molecule has 20 heavy (non-hydrogen) atoms. The molecule has 3 N–H and O–H groups in total. The zero-order valence-electron chi connectivity index (χ0n) is 11.6. The Balaban J connectivity index is 2.17. The van der Waals surface area contributed by atoms with Crippen molar-refractivity contribution in [3.63, 3.8) is 0 Å². The molecule has 0 saturated carbocycles. The SMILES string of the molecule is CCC(C)Oc1cccc(Nc2nc(Cl)ccc2N)c1. The largest absolute Gasteiger partial charge is 0.491 e. The summed E-state index contributed by atoms with van der Waals surface area (Å²) in [6, 6.07) is 11.0. The molecule has 1 aromatic heterocycles. The highest BCUT2D eigenvalue weighted by Gasteiger charge is 2.05. The first-order valence-corrected chi connectivity index (χ1v) is 6.92. The van der Waals surface area contributed by atoms with Crippen molar-refractivity contribution in [1.82, 2.24) is 4.98 Å². The lowest BCUT2D eigenvalue weighted by atomic mass is 10.2. The van der Waals surface area contributed by atoms with Gasteiger partial charge in [-0.15, -0.1) is 0 Å². The first kappa shape index (κ1) is 14.5. The van der Waals surface area contributed by atoms with Crippen molar-refractivity contribution in [2.45, 2.75) is 26.4 Å². The minimum Gasteiger partial charge on any atom is -0.491 e. The third-order valence-corrected chi connectivity index (χ3v) is 3.11. The van der Waals surface area contributed by atoms with Crippen molar-refractivity contribution in [3.8, 4) is 5.75 Å². The fourth-order valence-electron chi connectivity index (χ4n) is 1.65. The molecule has 1 unspecified atom stereocenters. The number of pyridine rings is 1. The lowest BCUT2D eigenvalue weighted by Crippen LogP contribution is -2.09. The molecule has 5 heteroatoms. The summed E-state index contributed by atoms with van der Waals surface area (Å²) in [7, 11) is 0. The quantitative estimate of drug-likeness (QED) is 0.809. The highest BCUT2D eigenvalue weighted by molar-refractivity contribution is 6.29. The average Bonchev–Trinajstić information content (AvgIpc) is 2.43. The molecular weight excluding hydrogens is 274 g/mol. The van der Waals surface area contributed by atoms with Gasteiger partial charge >= 0.3 is 0 Å². The van der Waals surface area contributed by atoms with Crippen LogP contribution in [0.25, 0.3) is 0 Å². The molecule has 0 amide bonds. The minimum absolute atomic E-state index is 0.180. The van der Waals surface area contributed by atoms with Gasteiger partial charge in [0.1, 0.15) is 10.9 Å². The van der Waals surface area contributed by atoms with Crippen LogP contribution in [0.4, 0.5) is 17.2 Å². The van der Waals surface area contributed by atoms with E-state index in [4.69, 9.17) is 22.1 Å². The monoisotopic (exact) mass is 291 g/mol. The van der Waals surface area contributed by atoms with Crippen LogP contribution >= 0.6 is 11.6 Å². The van der Waals surface area contributed by atoms with Crippen molar-refractivity contribution < 1.29 is 4.74 Å². The minimum atomic E-state index is 0.180. The smallest absolute Gasteiger partial charge is 0.155 e. The number of nitrogens with zero attached hydrogens (tertiary/aromatic N) is 1. The Morgan fingerprint density at radius 1 is 1.35 bits per heavy atom. The maximum atomic E-state index is 5.87. The van der Waals surface area contributed by atoms with E-state index < -0.39 is 0 Å². The van der Waals surface area contributed by atoms with E-state index in [-0.39, 0.29) is 6.10 Å². The molecular formula is C15H18ClN3O. The summed E-state index contributed by atoms with van der Waals surface area (Å²) in [5.41, 5.74) is 7.26. The lowest BCUT2D eigenvalue weighted by molar-refractivity contribution is 0.217. The second kappa shape index (κ2) is 6.48. The molecule has 2 aromatic rings. The van der Waals surface area contributed by atoms with E-state index in [9.17, 15) is 0 Å². The highest BCUT2D eigenvalue weighted by atomic mass is 35.5. The fourth-order valence-corrected chi connectivity index (χ4v) is 1.79. The van der Waals surface area contributed by atoms with Gasteiger partial charge in [-0.1, -0.05) is 24.6 Å². The summed E-state index contributed by atoms with van der Waals surface area (Å²) in [5.74, 6) is 1.35. The molecule has 0 aliphatic carbocycles. The number of ether oxygens (including phenoxy) is 1. The van der Waals surface area contributed by atoms with Gasteiger partial charge in [0.2, 0.25) is 0 Å². The van der Waals surface area contributed by atoms with Crippen molar-refractivity contribution in [2.24, 2.45) is 0 Å². The second-order valence-electron chi connectivity index (χ2n) is 4.56. The number of nitrogens with two attached hydrogens (primary N) is 1. The molecule has 0 spiro atoms. The Labute approximate surface area is 123 Å². The predicted molar refractivity (Wildman–Crippen MR) is 83.8 cm³/mol. The number of nitrogens with one attached hydrogen (secondary N) is 1. The summed E-state index contributed by atoms with van der Waals surface area (Å²) in [6.45, 7) is 4.12. The average molecular weight is 292 g/mol. The summed E-state index contributed by atoms with van der Waals surface area (Å²) in [6.07, 6.45) is 1.14. The summed E-state index contributed by atoms with van der Waals surface area (Å²) in [4.78, 5) is 4.16. The van der Waals surface area contributed by atoms with Crippen LogP contribution in [0.15, 0.2) is 36.4 Å². The third kappa shape index (κ3) is 3.78. The van der Waals surface area contributed by atoms with Gasteiger partial charge < -0.3 is 15.8 Å². The summed E-state index contributed by atoms with van der Waals surface area (Å²) < 4.78 is 5.78. The van der Waals surface area contributed by atoms with Gasteiger partial charge in [0, 0.05) is 11.8 Å². The van der Waals surface area contributed by atoms with Gasteiger partial charge in [0.25, 0.3) is 0 Å². The van der Waals surface area contributed by atoms with Crippen LogP contribution in [0.2, 0.25) is 5.15 Å². The Bertz CT molecular complexity index is 589. The molecule has 2 rings (SSSR count). The highest BCUT2D eigenvalue weighted by Crippen LogP contribution is 2.25. The molecule has 1 heterocycles. The van der Waals surface area contributed by atoms with E-state index >= 15 is 0 Å². The van der Waals surface area contributed by atoms with Crippen LogP contribution in [0, 0.1) is 0 Å². The number of hydrogen-bond acceptors (Lipinski definition) is 4. The normalized spacial score (nSPS) is 11.9. The van der Waals surface area contributed by atoms with E-state index in [1.165, 1.54) is 0 Å². The maximum Gasteiger partial charge on any atom is 0.155 e. The molecule has 1 aromatic carbocycles. The van der Waals surface area contributed by atoms with Crippen molar-refractivity contribution in [1.29, 1.82) is 0 Å². The Morgan fingerprint density at radius 3 is 2.90 bits per heavy atom. The van der Waals surface area contributed by atoms with Crippen LogP contribution in [0.3, 0.4) is 0 Å². The van der Waals surface area contributed by atoms with Gasteiger partial charge in [0.05, 0.1) is 11.8 Å². The van der Waals surface area contributed by atoms with Crippen LogP contribution < -0.4 is 15.8 Å². The van der Waals surface area contributed by atoms with Crippen LogP contribution in [0.5, 0.6) is 5.75 Å². The molecule has 4 nitrogen and oxygen atoms in total. The van der Waals surface area contributed by atoms with Gasteiger partial charge in [-0.3, -0.25) is 0 Å². The van der Waals surface area contributed by atoms with E-state index in [2.05, 4.69) is 17.2 Å². The van der Waals surface area contributed by atoms with Crippen LogP contribution in [-0.2, 0) is 0 Å². The van der Waals surface area contributed by atoms with Crippen molar-refractivity contribution >= 4 is 28.8 Å². The number of aromatic nitrogens is 1. The molecule has 1 atom stereocenters. The van der Waals surface area contributed by atoms with E-state index in [1.54, 1.807) is 12.1 Å². The number of anilines is 3.